The molecule has 2 aromatic rings. The molecule has 0 aliphatic heterocycles. The summed E-state index contributed by atoms with van der Waals surface area (Å²) in [5, 5.41) is 0.716. The van der Waals surface area contributed by atoms with Crippen molar-refractivity contribution in [1.29, 1.82) is 0 Å². The van der Waals surface area contributed by atoms with Crippen LogP contribution >= 0.6 is 0 Å². The molecule has 2 aliphatic carbocycles. The van der Waals surface area contributed by atoms with Crippen molar-refractivity contribution in [3.8, 4) is 0 Å². The molecule has 0 amide bonds. The molecule has 0 bridgehead atoms. The van der Waals surface area contributed by atoms with Crippen LogP contribution in [0.1, 0.15) is 51.3 Å². The Morgan fingerprint density at radius 1 is 1.08 bits per heavy atom. The maximum Gasteiger partial charge on any atom is 0.261 e. The fourth-order valence-corrected chi connectivity index (χ4v) is 4.11. The molecule has 128 valence electrons. The summed E-state index contributed by atoms with van der Waals surface area (Å²) >= 11 is 0. The number of rotatable bonds is 4. The van der Waals surface area contributed by atoms with Gasteiger partial charge in [0, 0.05) is 19.1 Å². The summed E-state index contributed by atoms with van der Waals surface area (Å²) in [6.07, 6.45) is 7.84. The molecule has 0 saturated heterocycles. The van der Waals surface area contributed by atoms with E-state index in [9.17, 15) is 4.79 Å². The van der Waals surface area contributed by atoms with E-state index in [1.807, 2.05) is 31.3 Å². The fraction of sp³-hybridized carbons (Fsp3) is 0.600. The molecule has 4 rings (SSSR count). The summed E-state index contributed by atoms with van der Waals surface area (Å²) in [4.78, 5) is 20.1. The standard InChI is InChI=1S/C20H27N3O/c1-14-7-9-15(10-8-14)23(16-11-12-16)13-19-21-18-6-4-3-5-17(18)20(24)22(19)2/h3-6,14-16H,7-13H2,1-2H3. The van der Waals surface area contributed by atoms with Crippen molar-refractivity contribution in [2.45, 2.75) is 64.1 Å². The lowest BCUT2D eigenvalue weighted by Crippen LogP contribution is -2.40. The van der Waals surface area contributed by atoms with Crippen LogP contribution in [0, 0.1) is 5.92 Å². The van der Waals surface area contributed by atoms with E-state index in [0.29, 0.717) is 17.5 Å². The summed E-state index contributed by atoms with van der Waals surface area (Å²) in [5.74, 6) is 1.77. The second-order valence-corrected chi connectivity index (χ2v) is 7.73. The third kappa shape index (κ3) is 3.00. The third-order valence-electron chi connectivity index (χ3n) is 5.87. The number of benzene rings is 1. The molecule has 4 nitrogen and oxygen atoms in total. The average Bonchev–Trinajstić information content (AvgIpc) is 3.43. The molecule has 4 heteroatoms. The Bertz CT molecular complexity index is 785. The van der Waals surface area contributed by atoms with E-state index in [1.54, 1.807) is 4.57 Å². The molecule has 0 unspecified atom stereocenters. The van der Waals surface area contributed by atoms with Gasteiger partial charge in [-0.25, -0.2) is 4.98 Å². The number of fused-ring (bicyclic) bond motifs is 1. The Kier molecular flexibility index (Phi) is 4.17. The lowest BCUT2D eigenvalue weighted by atomic mass is 9.86. The second kappa shape index (κ2) is 6.32. The van der Waals surface area contributed by atoms with E-state index in [0.717, 1.165) is 23.8 Å². The maximum absolute atomic E-state index is 12.6. The number of para-hydroxylation sites is 1. The maximum atomic E-state index is 12.6. The highest BCUT2D eigenvalue weighted by Gasteiger charge is 2.35. The quantitative estimate of drug-likeness (QED) is 0.864. The molecule has 0 N–H and O–H groups in total. The van der Waals surface area contributed by atoms with Gasteiger partial charge in [0.25, 0.3) is 5.56 Å². The molecular weight excluding hydrogens is 298 g/mol. The monoisotopic (exact) mass is 325 g/mol. The van der Waals surface area contributed by atoms with Crippen LogP contribution in [-0.2, 0) is 13.6 Å². The molecule has 0 radical (unpaired) electrons. The lowest BCUT2D eigenvalue weighted by Gasteiger charge is -2.36. The van der Waals surface area contributed by atoms with Crippen molar-refractivity contribution in [3.63, 3.8) is 0 Å². The smallest absolute Gasteiger partial charge is 0.261 e. The first kappa shape index (κ1) is 15.8. The molecule has 1 heterocycles. The average molecular weight is 325 g/mol. The van der Waals surface area contributed by atoms with Gasteiger partial charge in [0.2, 0.25) is 0 Å². The Labute approximate surface area is 143 Å². The molecule has 2 saturated carbocycles. The van der Waals surface area contributed by atoms with Crippen LogP contribution in [0.15, 0.2) is 29.1 Å². The van der Waals surface area contributed by atoms with E-state index in [1.165, 1.54) is 38.5 Å². The molecule has 24 heavy (non-hydrogen) atoms. The van der Waals surface area contributed by atoms with Gasteiger partial charge in [0.15, 0.2) is 0 Å². The molecule has 1 aromatic carbocycles. The predicted octanol–water partition coefficient (Wildman–Crippen LogP) is 3.48. The summed E-state index contributed by atoms with van der Waals surface area (Å²) in [7, 11) is 1.87. The number of hydrogen-bond acceptors (Lipinski definition) is 3. The van der Waals surface area contributed by atoms with E-state index >= 15 is 0 Å². The van der Waals surface area contributed by atoms with E-state index in [-0.39, 0.29) is 5.56 Å². The Balaban J connectivity index is 1.64. The zero-order valence-electron chi connectivity index (χ0n) is 14.7. The van der Waals surface area contributed by atoms with Crippen LogP contribution in [-0.4, -0.2) is 26.5 Å². The highest BCUT2D eigenvalue weighted by atomic mass is 16.1. The summed E-state index contributed by atoms with van der Waals surface area (Å²) in [5.41, 5.74) is 0.896. The van der Waals surface area contributed by atoms with Gasteiger partial charge in [-0.2, -0.15) is 0 Å². The van der Waals surface area contributed by atoms with Crippen molar-refractivity contribution < 1.29 is 0 Å². The van der Waals surface area contributed by atoms with Crippen molar-refractivity contribution in [1.82, 2.24) is 14.5 Å². The van der Waals surface area contributed by atoms with Crippen LogP contribution in [0.2, 0.25) is 0 Å². The lowest BCUT2D eigenvalue weighted by molar-refractivity contribution is 0.120. The van der Waals surface area contributed by atoms with Crippen LogP contribution in [0.5, 0.6) is 0 Å². The summed E-state index contributed by atoms with van der Waals surface area (Å²) in [6.45, 7) is 3.17. The minimum absolute atomic E-state index is 0.0728. The SMILES string of the molecule is CC1CCC(N(Cc2nc3ccccc3c(=O)n2C)C2CC2)CC1. The molecule has 0 atom stereocenters. The first-order valence-corrected chi connectivity index (χ1v) is 9.34. The van der Waals surface area contributed by atoms with Gasteiger partial charge in [0.1, 0.15) is 5.82 Å². The van der Waals surface area contributed by atoms with Crippen LogP contribution in [0.4, 0.5) is 0 Å². The minimum atomic E-state index is 0.0728. The topological polar surface area (TPSA) is 38.1 Å². The van der Waals surface area contributed by atoms with E-state index in [4.69, 9.17) is 4.98 Å². The van der Waals surface area contributed by atoms with Gasteiger partial charge in [-0.3, -0.25) is 14.3 Å². The van der Waals surface area contributed by atoms with Gasteiger partial charge < -0.3 is 0 Å². The summed E-state index contributed by atoms with van der Waals surface area (Å²) in [6, 6.07) is 9.05. The van der Waals surface area contributed by atoms with Crippen molar-refractivity contribution >= 4 is 10.9 Å². The van der Waals surface area contributed by atoms with Crippen molar-refractivity contribution in [2.24, 2.45) is 13.0 Å². The Morgan fingerprint density at radius 2 is 1.71 bits per heavy atom. The molecule has 0 spiro atoms. The zero-order chi connectivity index (χ0) is 16.7. The molecule has 2 aliphatic rings. The van der Waals surface area contributed by atoms with Gasteiger partial charge in [-0.05, 0) is 56.6 Å². The fourth-order valence-electron chi connectivity index (χ4n) is 4.11. The summed E-state index contributed by atoms with van der Waals surface area (Å²) < 4.78 is 1.75. The number of nitrogens with zero attached hydrogens (tertiary/aromatic N) is 3. The second-order valence-electron chi connectivity index (χ2n) is 7.73. The van der Waals surface area contributed by atoms with Crippen molar-refractivity contribution in [3.05, 3.63) is 40.4 Å². The first-order chi connectivity index (χ1) is 11.6. The van der Waals surface area contributed by atoms with Crippen LogP contribution in [0.3, 0.4) is 0 Å². The highest BCUT2D eigenvalue weighted by Crippen LogP contribution is 2.36. The Hall–Kier alpha value is -1.68. The van der Waals surface area contributed by atoms with Gasteiger partial charge in [0.05, 0.1) is 17.4 Å². The number of hydrogen-bond donors (Lipinski definition) is 0. The normalized spacial score (nSPS) is 24.6. The third-order valence-corrected chi connectivity index (χ3v) is 5.87. The molecular formula is C20H27N3O. The van der Waals surface area contributed by atoms with E-state index in [2.05, 4.69) is 11.8 Å². The predicted molar refractivity (Wildman–Crippen MR) is 97.0 cm³/mol. The molecule has 1 aromatic heterocycles. The van der Waals surface area contributed by atoms with Crippen molar-refractivity contribution in [2.75, 3.05) is 0 Å². The molecule has 2 fully saturated rings. The van der Waals surface area contributed by atoms with Gasteiger partial charge in [-0.15, -0.1) is 0 Å². The highest BCUT2D eigenvalue weighted by molar-refractivity contribution is 5.77. The Morgan fingerprint density at radius 3 is 2.38 bits per heavy atom. The van der Waals surface area contributed by atoms with Crippen LogP contribution in [0.25, 0.3) is 10.9 Å². The first-order valence-electron chi connectivity index (χ1n) is 9.34. The minimum Gasteiger partial charge on any atom is -0.298 e. The number of aromatic nitrogens is 2. The van der Waals surface area contributed by atoms with Crippen LogP contribution < -0.4 is 5.56 Å². The largest absolute Gasteiger partial charge is 0.298 e. The zero-order valence-corrected chi connectivity index (χ0v) is 14.7. The van der Waals surface area contributed by atoms with E-state index < -0.39 is 0 Å². The van der Waals surface area contributed by atoms with Gasteiger partial charge >= 0.3 is 0 Å². The van der Waals surface area contributed by atoms with Gasteiger partial charge in [-0.1, -0.05) is 19.1 Å².